The second kappa shape index (κ2) is 7.16. The van der Waals surface area contributed by atoms with Gasteiger partial charge in [-0.3, -0.25) is 9.59 Å². The third-order valence-electron chi connectivity index (χ3n) is 4.76. The molecule has 2 heterocycles. The molecule has 142 valence electrons. The molecule has 0 bridgehead atoms. The van der Waals surface area contributed by atoms with Gasteiger partial charge in [-0.05, 0) is 53.9 Å². The highest BCUT2D eigenvalue weighted by Gasteiger charge is 2.34. The summed E-state index contributed by atoms with van der Waals surface area (Å²) >= 11 is 1.14. The summed E-state index contributed by atoms with van der Waals surface area (Å²) in [7, 11) is 0. The molecule has 2 N–H and O–H groups in total. The Morgan fingerprint density at radius 2 is 1.93 bits per heavy atom. The van der Waals surface area contributed by atoms with Crippen molar-refractivity contribution >= 4 is 33.8 Å². The predicted octanol–water partition coefficient (Wildman–Crippen LogP) is 5.06. The van der Waals surface area contributed by atoms with Crippen LogP contribution in [0.4, 0.5) is 19.5 Å². The van der Waals surface area contributed by atoms with E-state index in [1.807, 2.05) is 18.2 Å². The molecule has 7 heteroatoms. The minimum atomic E-state index is -0.644. The second-order valence-electron chi connectivity index (χ2n) is 6.59. The molecule has 2 aromatic carbocycles. The van der Waals surface area contributed by atoms with Gasteiger partial charge in [0.05, 0.1) is 9.88 Å². The van der Waals surface area contributed by atoms with Crippen molar-refractivity contribution in [1.82, 2.24) is 0 Å². The molecule has 28 heavy (non-hydrogen) atoms. The fourth-order valence-corrected chi connectivity index (χ4v) is 4.66. The van der Waals surface area contributed by atoms with Gasteiger partial charge < -0.3 is 10.6 Å². The van der Waals surface area contributed by atoms with Crippen LogP contribution in [0.2, 0.25) is 0 Å². The monoisotopic (exact) mass is 398 g/mol. The summed E-state index contributed by atoms with van der Waals surface area (Å²) in [6, 6.07) is 12.2. The number of fused-ring (bicyclic) bond motifs is 1. The first kappa shape index (κ1) is 18.3. The first-order valence-corrected chi connectivity index (χ1v) is 9.50. The molecule has 0 aliphatic carbocycles. The van der Waals surface area contributed by atoms with Crippen LogP contribution in [0.1, 0.15) is 38.7 Å². The number of halogens is 2. The zero-order valence-electron chi connectivity index (χ0n) is 14.9. The number of carbonyl (C=O) groups excluding carboxylic acids is 2. The smallest absolute Gasteiger partial charge is 0.266 e. The number of hydrogen-bond donors (Lipinski definition) is 2. The fourth-order valence-electron chi connectivity index (χ4n) is 3.48. The summed E-state index contributed by atoms with van der Waals surface area (Å²) in [4.78, 5) is 25.3. The number of anilines is 2. The van der Waals surface area contributed by atoms with Crippen LogP contribution in [0.3, 0.4) is 0 Å². The Morgan fingerprint density at radius 1 is 1.18 bits per heavy atom. The number of thiophene rings is 1. The van der Waals surface area contributed by atoms with Gasteiger partial charge in [0.2, 0.25) is 5.91 Å². The van der Waals surface area contributed by atoms with Gasteiger partial charge in [0.15, 0.2) is 0 Å². The average Bonchev–Trinajstić information content (AvgIpc) is 3.00. The third-order valence-corrected chi connectivity index (χ3v) is 5.98. The molecule has 2 amide bonds. The van der Waals surface area contributed by atoms with Crippen molar-refractivity contribution in [2.24, 2.45) is 0 Å². The van der Waals surface area contributed by atoms with Crippen LogP contribution < -0.4 is 10.6 Å². The molecule has 4 rings (SSSR count). The summed E-state index contributed by atoms with van der Waals surface area (Å²) in [5, 5.41) is 6.08. The third kappa shape index (κ3) is 3.29. The number of nitrogens with one attached hydrogen (secondary N) is 2. The molecule has 0 saturated carbocycles. The van der Waals surface area contributed by atoms with Gasteiger partial charge in [-0.25, -0.2) is 8.78 Å². The lowest BCUT2D eigenvalue weighted by molar-refractivity contribution is -0.116. The van der Waals surface area contributed by atoms with E-state index in [0.717, 1.165) is 29.5 Å². The first-order chi connectivity index (χ1) is 13.4. The summed E-state index contributed by atoms with van der Waals surface area (Å²) in [5.41, 5.74) is 2.08. The molecule has 0 spiro atoms. The van der Waals surface area contributed by atoms with E-state index in [1.165, 1.54) is 0 Å². The second-order valence-corrected chi connectivity index (χ2v) is 7.61. The van der Waals surface area contributed by atoms with Gasteiger partial charge in [0.1, 0.15) is 11.6 Å². The fraction of sp³-hybridized carbons (Fsp3) is 0.143. The van der Waals surface area contributed by atoms with Crippen molar-refractivity contribution in [2.45, 2.75) is 19.3 Å². The van der Waals surface area contributed by atoms with E-state index in [2.05, 4.69) is 10.6 Å². The van der Waals surface area contributed by atoms with Gasteiger partial charge in [-0.1, -0.05) is 18.2 Å². The van der Waals surface area contributed by atoms with Crippen molar-refractivity contribution in [3.8, 4) is 0 Å². The molecule has 1 aliphatic heterocycles. The lowest BCUT2D eigenvalue weighted by atomic mass is 9.84. The molecule has 4 nitrogen and oxygen atoms in total. The molecule has 0 fully saturated rings. The Hall–Kier alpha value is -3.06. The average molecular weight is 398 g/mol. The van der Waals surface area contributed by atoms with Gasteiger partial charge in [-0.15, -0.1) is 11.3 Å². The molecular formula is C21H16F2N2O2S. The highest BCUT2D eigenvalue weighted by molar-refractivity contribution is 7.18. The van der Waals surface area contributed by atoms with Crippen LogP contribution in [0.15, 0.2) is 48.5 Å². The van der Waals surface area contributed by atoms with E-state index in [4.69, 9.17) is 0 Å². The van der Waals surface area contributed by atoms with Crippen molar-refractivity contribution < 1.29 is 18.4 Å². The standard InChI is InChI=1S/C21H16F2N2O2S/c1-11-18-15(14-9-12(22)7-8-16(14)23)10-17(26)25-21(18)28-19(11)20(27)24-13-5-3-2-4-6-13/h2-9,15H,10H2,1H3,(H,24,27)(H,25,26)/t15-/m0/s1. The molecule has 1 aromatic heterocycles. The number of hydrogen-bond acceptors (Lipinski definition) is 3. The van der Waals surface area contributed by atoms with E-state index >= 15 is 0 Å². The summed E-state index contributed by atoms with van der Waals surface area (Å²) < 4.78 is 28.1. The lowest BCUT2D eigenvalue weighted by Crippen LogP contribution is -2.23. The van der Waals surface area contributed by atoms with Crippen LogP contribution in [0, 0.1) is 18.6 Å². The number of rotatable bonds is 3. The molecule has 1 atom stereocenters. The van der Waals surface area contributed by atoms with Crippen molar-refractivity contribution in [1.29, 1.82) is 0 Å². The molecule has 0 unspecified atom stereocenters. The highest BCUT2D eigenvalue weighted by Crippen LogP contribution is 2.45. The van der Waals surface area contributed by atoms with E-state index in [1.54, 1.807) is 19.1 Å². The van der Waals surface area contributed by atoms with Crippen molar-refractivity contribution in [3.05, 3.63) is 81.7 Å². The zero-order chi connectivity index (χ0) is 19.8. The molecule has 1 aliphatic rings. The minimum absolute atomic E-state index is 0.00924. The summed E-state index contributed by atoms with van der Waals surface area (Å²) in [6.07, 6.45) is -0.00924. The van der Waals surface area contributed by atoms with Crippen LogP contribution >= 0.6 is 11.3 Å². The normalized spacial score (nSPS) is 15.7. The Bertz CT molecular complexity index is 1080. The quantitative estimate of drug-likeness (QED) is 0.648. The van der Waals surface area contributed by atoms with E-state index < -0.39 is 17.6 Å². The number of benzene rings is 2. The topological polar surface area (TPSA) is 58.2 Å². The Kier molecular flexibility index (Phi) is 4.68. The van der Waals surface area contributed by atoms with Crippen LogP contribution in [0.25, 0.3) is 0 Å². The Balaban J connectivity index is 1.76. The highest BCUT2D eigenvalue weighted by atomic mass is 32.1. The molecule has 0 saturated heterocycles. The van der Waals surface area contributed by atoms with Gasteiger partial charge in [0, 0.05) is 18.0 Å². The number of carbonyl (C=O) groups is 2. The largest absolute Gasteiger partial charge is 0.321 e. The van der Waals surface area contributed by atoms with E-state index in [9.17, 15) is 18.4 Å². The van der Waals surface area contributed by atoms with Gasteiger partial charge >= 0.3 is 0 Å². The van der Waals surface area contributed by atoms with Crippen molar-refractivity contribution in [3.63, 3.8) is 0 Å². The molecular weight excluding hydrogens is 382 g/mol. The predicted molar refractivity (Wildman–Crippen MR) is 105 cm³/mol. The molecule has 0 radical (unpaired) electrons. The van der Waals surface area contributed by atoms with Crippen LogP contribution in [-0.4, -0.2) is 11.8 Å². The summed E-state index contributed by atoms with van der Waals surface area (Å²) in [6.45, 7) is 1.76. The van der Waals surface area contributed by atoms with Crippen molar-refractivity contribution in [2.75, 3.05) is 10.6 Å². The van der Waals surface area contributed by atoms with Crippen LogP contribution in [-0.2, 0) is 4.79 Å². The maximum atomic E-state index is 14.4. The lowest BCUT2D eigenvalue weighted by Gasteiger charge is -2.24. The molecule has 3 aromatic rings. The maximum absolute atomic E-state index is 14.4. The summed E-state index contributed by atoms with van der Waals surface area (Å²) in [5.74, 6) is -2.39. The zero-order valence-corrected chi connectivity index (χ0v) is 15.7. The van der Waals surface area contributed by atoms with E-state index in [-0.39, 0.29) is 23.8 Å². The van der Waals surface area contributed by atoms with E-state index in [0.29, 0.717) is 26.7 Å². The maximum Gasteiger partial charge on any atom is 0.266 e. The van der Waals surface area contributed by atoms with Crippen LogP contribution in [0.5, 0.6) is 0 Å². The number of para-hydroxylation sites is 1. The Labute approximate surface area is 164 Å². The van der Waals surface area contributed by atoms with Gasteiger partial charge in [0.25, 0.3) is 5.91 Å². The minimum Gasteiger partial charge on any atom is -0.321 e. The number of amides is 2. The Morgan fingerprint density at radius 3 is 2.68 bits per heavy atom. The SMILES string of the molecule is Cc1c(C(=O)Nc2ccccc2)sc2c1[C@H](c1cc(F)ccc1F)CC(=O)N2. The first-order valence-electron chi connectivity index (χ1n) is 8.68. The van der Waals surface area contributed by atoms with Gasteiger partial charge in [-0.2, -0.15) is 0 Å².